The zero-order valence-electron chi connectivity index (χ0n) is 10.3. The second-order valence-electron chi connectivity index (χ2n) is 4.48. The Kier molecular flexibility index (Phi) is 4.66. The van der Waals surface area contributed by atoms with Crippen LogP contribution >= 0.6 is 0 Å². The van der Waals surface area contributed by atoms with Gasteiger partial charge in [0.1, 0.15) is 5.82 Å². The number of hydrogen-bond acceptors (Lipinski definition) is 4. The monoisotopic (exact) mass is 254 g/mol. The molecule has 5 heteroatoms. The number of halogens is 1. The fourth-order valence-electron chi connectivity index (χ4n) is 2.35. The maximum absolute atomic E-state index is 13.2. The molecule has 1 heterocycles. The van der Waals surface area contributed by atoms with Gasteiger partial charge in [-0.15, -0.1) is 0 Å². The Hall–Kier alpha value is -1.01. The summed E-state index contributed by atoms with van der Waals surface area (Å²) in [4.78, 5) is 2.14. The van der Waals surface area contributed by atoms with E-state index < -0.39 is 0 Å². The second-order valence-corrected chi connectivity index (χ2v) is 4.48. The zero-order chi connectivity index (χ0) is 13.0. The van der Waals surface area contributed by atoms with Crippen LogP contribution in [0, 0.1) is 5.82 Å². The lowest BCUT2D eigenvalue weighted by molar-refractivity contribution is -0.0643. The maximum Gasteiger partial charge on any atom is 0.123 e. The van der Waals surface area contributed by atoms with E-state index in [1.807, 2.05) is 6.07 Å². The van der Waals surface area contributed by atoms with Crippen molar-refractivity contribution in [3.8, 4) is 0 Å². The summed E-state index contributed by atoms with van der Waals surface area (Å²) < 4.78 is 18.7. The van der Waals surface area contributed by atoms with Gasteiger partial charge in [0.25, 0.3) is 0 Å². The first-order valence-corrected chi connectivity index (χ1v) is 6.16. The Bertz CT molecular complexity index is 389. The molecular formula is C13H19FN2O2. The molecule has 0 aromatic heterocycles. The first-order chi connectivity index (χ1) is 8.74. The molecule has 0 amide bonds. The lowest BCUT2D eigenvalue weighted by Crippen LogP contribution is -2.47. The number of benzene rings is 1. The molecular weight excluding hydrogens is 235 g/mol. The fourth-order valence-corrected chi connectivity index (χ4v) is 2.35. The molecule has 4 nitrogen and oxygen atoms in total. The van der Waals surface area contributed by atoms with Crippen LogP contribution in [0.25, 0.3) is 0 Å². The van der Waals surface area contributed by atoms with Crippen molar-refractivity contribution >= 4 is 0 Å². The number of nitrogens with two attached hydrogens (primary N) is 1. The van der Waals surface area contributed by atoms with Crippen LogP contribution in [0.1, 0.15) is 11.6 Å². The van der Waals surface area contributed by atoms with Crippen molar-refractivity contribution < 1.29 is 14.2 Å². The molecule has 1 aromatic rings. The van der Waals surface area contributed by atoms with Gasteiger partial charge in [-0.25, -0.2) is 4.39 Å². The summed E-state index contributed by atoms with van der Waals surface area (Å²) in [5.74, 6) is -0.252. The van der Waals surface area contributed by atoms with E-state index in [2.05, 4.69) is 4.90 Å². The summed E-state index contributed by atoms with van der Waals surface area (Å²) in [7, 11) is 0. The largest absolute Gasteiger partial charge is 0.394 e. The van der Waals surface area contributed by atoms with Crippen molar-refractivity contribution in [1.29, 1.82) is 0 Å². The lowest BCUT2D eigenvalue weighted by atomic mass is 10.0. The smallest absolute Gasteiger partial charge is 0.123 e. The van der Waals surface area contributed by atoms with Gasteiger partial charge in [-0.2, -0.15) is 0 Å². The highest BCUT2D eigenvalue weighted by atomic mass is 19.1. The predicted octanol–water partition coefficient (Wildman–Crippen LogP) is 0.519. The van der Waals surface area contributed by atoms with E-state index in [-0.39, 0.29) is 24.6 Å². The predicted molar refractivity (Wildman–Crippen MR) is 66.6 cm³/mol. The van der Waals surface area contributed by atoms with Crippen molar-refractivity contribution in [3.05, 3.63) is 35.6 Å². The van der Waals surface area contributed by atoms with Crippen LogP contribution in [0.4, 0.5) is 4.39 Å². The molecule has 2 unspecified atom stereocenters. The molecule has 1 saturated heterocycles. The van der Waals surface area contributed by atoms with Crippen LogP contribution in [0.5, 0.6) is 0 Å². The topological polar surface area (TPSA) is 58.7 Å². The van der Waals surface area contributed by atoms with Gasteiger partial charge in [-0.1, -0.05) is 12.1 Å². The van der Waals surface area contributed by atoms with Gasteiger partial charge in [-0.05, 0) is 17.7 Å². The molecule has 2 rings (SSSR count). The van der Waals surface area contributed by atoms with Crippen molar-refractivity contribution in [2.75, 3.05) is 32.8 Å². The van der Waals surface area contributed by atoms with E-state index in [0.717, 1.165) is 12.1 Å². The molecule has 1 aliphatic rings. The zero-order valence-corrected chi connectivity index (χ0v) is 10.3. The number of hydrogen-bond donors (Lipinski definition) is 2. The SMILES string of the molecule is NCC(c1cccc(F)c1)N1CCOC(CO)C1. The average Bonchev–Trinajstić information content (AvgIpc) is 2.40. The summed E-state index contributed by atoms with van der Waals surface area (Å²) in [6, 6.07) is 6.48. The van der Waals surface area contributed by atoms with E-state index in [1.165, 1.54) is 12.1 Å². The first-order valence-electron chi connectivity index (χ1n) is 6.16. The molecule has 1 aromatic carbocycles. The van der Waals surface area contributed by atoms with Gasteiger partial charge in [-0.3, -0.25) is 4.90 Å². The van der Waals surface area contributed by atoms with Crippen LogP contribution in [-0.4, -0.2) is 49.0 Å². The van der Waals surface area contributed by atoms with Gasteiger partial charge < -0.3 is 15.6 Å². The Morgan fingerprint density at radius 2 is 2.39 bits per heavy atom. The third-order valence-electron chi connectivity index (χ3n) is 3.27. The summed E-state index contributed by atoms with van der Waals surface area (Å²) in [6.45, 7) is 2.35. The average molecular weight is 254 g/mol. The second kappa shape index (κ2) is 6.24. The standard InChI is InChI=1S/C13H19FN2O2/c14-11-3-1-2-10(6-11)13(7-15)16-4-5-18-12(8-16)9-17/h1-3,6,12-13,17H,4-5,7-9,15H2. The minimum atomic E-state index is -0.252. The van der Waals surface area contributed by atoms with E-state index in [1.54, 1.807) is 6.07 Å². The van der Waals surface area contributed by atoms with Crippen molar-refractivity contribution in [2.24, 2.45) is 5.73 Å². The third-order valence-corrected chi connectivity index (χ3v) is 3.27. The molecule has 18 heavy (non-hydrogen) atoms. The van der Waals surface area contributed by atoms with E-state index in [0.29, 0.717) is 19.7 Å². The van der Waals surface area contributed by atoms with Gasteiger partial charge in [0.15, 0.2) is 0 Å². The van der Waals surface area contributed by atoms with Crippen molar-refractivity contribution in [3.63, 3.8) is 0 Å². The van der Waals surface area contributed by atoms with E-state index in [9.17, 15) is 4.39 Å². The van der Waals surface area contributed by atoms with Gasteiger partial charge in [0.05, 0.1) is 19.3 Å². The van der Waals surface area contributed by atoms with E-state index in [4.69, 9.17) is 15.6 Å². The van der Waals surface area contributed by atoms with Crippen LogP contribution in [0.15, 0.2) is 24.3 Å². The molecule has 2 atom stereocenters. The summed E-state index contributed by atoms with van der Waals surface area (Å²) in [5, 5.41) is 9.14. The summed E-state index contributed by atoms with van der Waals surface area (Å²) >= 11 is 0. The van der Waals surface area contributed by atoms with Gasteiger partial charge in [0.2, 0.25) is 0 Å². The number of aliphatic hydroxyl groups excluding tert-OH is 1. The van der Waals surface area contributed by atoms with Crippen LogP contribution in [-0.2, 0) is 4.74 Å². The number of rotatable bonds is 4. The molecule has 0 bridgehead atoms. The van der Waals surface area contributed by atoms with Crippen LogP contribution in [0.2, 0.25) is 0 Å². The molecule has 0 saturated carbocycles. The fraction of sp³-hybridized carbons (Fsp3) is 0.538. The van der Waals surface area contributed by atoms with Gasteiger partial charge in [0, 0.05) is 25.7 Å². The lowest BCUT2D eigenvalue weighted by Gasteiger charge is -2.37. The van der Waals surface area contributed by atoms with Crippen LogP contribution < -0.4 is 5.73 Å². The third kappa shape index (κ3) is 3.05. The highest BCUT2D eigenvalue weighted by molar-refractivity contribution is 5.20. The summed E-state index contributed by atoms with van der Waals surface area (Å²) in [6.07, 6.45) is -0.179. The first kappa shape index (κ1) is 13.4. The minimum Gasteiger partial charge on any atom is -0.394 e. The highest BCUT2D eigenvalue weighted by Gasteiger charge is 2.26. The minimum absolute atomic E-state index is 0.00303. The molecule has 0 spiro atoms. The molecule has 1 fully saturated rings. The molecule has 0 radical (unpaired) electrons. The molecule has 3 N–H and O–H groups in total. The van der Waals surface area contributed by atoms with Gasteiger partial charge >= 0.3 is 0 Å². The number of ether oxygens (including phenoxy) is 1. The number of morpholine rings is 1. The van der Waals surface area contributed by atoms with Crippen molar-refractivity contribution in [2.45, 2.75) is 12.1 Å². The Morgan fingerprint density at radius 3 is 3.06 bits per heavy atom. The molecule has 100 valence electrons. The highest BCUT2D eigenvalue weighted by Crippen LogP contribution is 2.22. The Labute approximate surface area is 106 Å². The number of aliphatic hydroxyl groups is 1. The quantitative estimate of drug-likeness (QED) is 0.822. The van der Waals surface area contributed by atoms with Crippen LogP contribution in [0.3, 0.4) is 0 Å². The number of nitrogens with zero attached hydrogens (tertiary/aromatic N) is 1. The Balaban J connectivity index is 2.12. The maximum atomic E-state index is 13.2. The Morgan fingerprint density at radius 1 is 1.56 bits per heavy atom. The van der Waals surface area contributed by atoms with Crippen molar-refractivity contribution in [1.82, 2.24) is 4.90 Å². The summed E-state index contributed by atoms with van der Waals surface area (Å²) in [5.41, 5.74) is 6.68. The normalized spacial score (nSPS) is 22.9. The molecule has 0 aliphatic carbocycles. The van der Waals surface area contributed by atoms with E-state index >= 15 is 0 Å². The molecule has 1 aliphatic heterocycles.